The summed E-state index contributed by atoms with van der Waals surface area (Å²) in [7, 11) is -0.424. The lowest BCUT2D eigenvalue weighted by Crippen LogP contribution is -2.44. The maximum Gasteiger partial charge on any atom is 0.314 e. The van der Waals surface area contributed by atoms with Gasteiger partial charge in [-0.1, -0.05) is 17.8 Å². The van der Waals surface area contributed by atoms with Crippen LogP contribution in [0.15, 0.2) is 12.2 Å². The SMILES string of the molecule is C=C(C)C(=O)C(=N)CC[N+](C)(C)OS(=O)(=O)CCC. The molecule has 0 fully saturated rings. The van der Waals surface area contributed by atoms with Crippen LogP contribution in [-0.2, 0) is 19.2 Å². The number of carbonyl (C=O) groups excluding carboxylic acids is 1. The molecule has 0 aliphatic heterocycles. The van der Waals surface area contributed by atoms with Crippen LogP contribution >= 0.6 is 0 Å². The van der Waals surface area contributed by atoms with Crippen molar-refractivity contribution in [3.63, 3.8) is 0 Å². The summed E-state index contributed by atoms with van der Waals surface area (Å²) in [4.78, 5) is 11.5. The average molecular weight is 291 g/mol. The Bertz CT molecular complexity index is 466. The molecule has 0 heterocycles. The van der Waals surface area contributed by atoms with Crippen molar-refractivity contribution in [2.24, 2.45) is 0 Å². The standard InChI is InChI=1S/C12H23N2O4S/c1-6-9-19(16,17)18-14(4,5)8-7-11(13)12(15)10(2)3/h13H,2,6-9H2,1,3-5H3/q+1. The molecule has 0 unspecified atom stereocenters. The van der Waals surface area contributed by atoms with Gasteiger partial charge in [-0.2, -0.15) is 13.1 Å². The van der Waals surface area contributed by atoms with E-state index in [-0.39, 0.29) is 29.1 Å². The number of carbonyl (C=O) groups is 1. The Morgan fingerprint density at radius 2 is 1.89 bits per heavy atom. The summed E-state index contributed by atoms with van der Waals surface area (Å²) in [5.41, 5.74) is 0.213. The van der Waals surface area contributed by atoms with Crippen LogP contribution < -0.4 is 0 Å². The normalized spacial score (nSPS) is 12.2. The number of hydrogen-bond donors (Lipinski definition) is 1. The van der Waals surface area contributed by atoms with E-state index < -0.39 is 15.9 Å². The van der Waals surface area contributed by atoms with E-state index in [0.717, 1.165) is 0 Å². The van der Waals surface area contributed by atoms with Crippen molar-refractivity contribution >= 4 is 21.6 Å². The number of ketones is 1. The van der Waals surface area contributed by atoms with Gasteiger partial charge in [-0.15, -0.1) is 0 Å². The van der Waals surface area contributed by atoms with Gasteiger partial charge in [-0.05, 0) is 18.9 Å². The fourth-order valence-electron chi connectivity index (χ4n) is 1.38. The molecule has 0 saturated heterocycles. The summed E-state index contributed by atoms with van der Waals surface area (Å²) in [6.45, 7) is 7.00. The highest BCUT2D eigenvalue weighted by Gasteiger charge is 2.27. The third kappa shape index (κ3) is 7.19. The zero-order valence-corrected chi connectivity index (χ0v) is 12.8. The highest BCUT2D eigenvalue weighted by atomic mass is 32.2. The van der Waals surface area contributed by atoms with E-state index in [1.807, 2.05) is 0 Å². The molecule has 0 aromatic carbocycles. The topological polar surface area (TPSA) is 84.3 Å². The van der Waals surface area contributed by atoms with Gasteiger partial charge in [0.15, 0.2) is 0 Å². The van der Waals surface area contributed by atoms with Crippen molar-refractivity contribution in [2.75, 3.05) is 26.4 Å². The molecule has 0 bridgehead atoms. The summed E-state index contributed by atoms with van der Waals surface area (Å²) in [5, 5.41) is 7.59. The molecule has 0 amide bonds. The molecule has 0 aromatic rings. The van der Waals surface area contributed by atoms with E-state index in [2.05, 4.69) is 6.58 Å². The molecule has 0 aliphatic carbocycles. The van der Waals surface area contributed by atoms with E-state index in [9.17, 15) is 13.2 Å². The Hall–Kier alpha value is -1.05. The van der Waals surface area contributed by atoms with Gasteiger partial charge < -0.3 is 5.41 Å². The summed E-state index contributed by atoms with van der Waals surface area (Å²) in [5.74, 6) is -0.451. The van der Waals surface area contributed by atoms with Gasteiger partial charge >= 0.3 is 10.1 Å². The predicted molar refractivity (Wildman–Crippen MR) is 74.3 cm³/mol. The molecule has 0 aromatic heterocycles. The molecule has 6 nitrogen and oxygen atoms in total. The lowest BCUT2D eigenvalue weighted by atomic mass is 10.1. The predicted octanol–water partition coefficient (Wildman–Crippen LogP) is 1.29. The van der Waals surface area contributed by atoms with Crippen LogP contribution in [0.5, 0.6) is 0 Å². The van der Waals surface area contributed by atoms with E-state index in [1.54, 1.807) is 27.9 Å². The quantitative estimate of drug-likeness (QED) is 0.300. The van der Waals surface area contributed by atoms with Crippen molar-refractivity contribution in [3.05, 3.63) is 12.2 Å². The van der Waals surface area contributed by atoms with E-state index >= 15 is 0 Å². The summed E-state index contributed by atoms with van der Waals surface area (Å²) in [6, 6.07) is 0. The van der Waals surface area contributed by atoms with Crippen LogP contribution in [0.3, 0.4) is 0 Å². The lowest BCUT2D eigenvalue weighted by Gasteiger charge is -2.25. The lowest BCUT2D eigenvalue weighted by molar-refractivity contribution is -1.05. The fourth-order valence-corrected chi connectivity index (χ4v) is 2.65. The minimum absolute atomic E-state index is 0.0448. The Kier molecular flexibility index (Phi) is 6.54. The molecule has 0 aliphatic rings. The summed E-state index contributed by atoms with van der Waals surface area (Å²) < 4.78 is 27.9. The van der Waals surface area contributed by atoms with E-state index in [0.29, 0.717) is 12.0 Å². The van der Waals surface area contributed by atoms with Gasteiger partial charge in [0, 0.05) is 6.42 Å². The third-order valence-electron chi connectivity index (χ3n) is 2.33. The molecule has 110 valence electrons. The fraction of sp³-hybridized carbons (Fsp3) is 0.667. The highest BCUT2D eigenvalue weighted by molar-refractivity contribution is 7.86. The van der Waals surface area contributed by atoms with Gasteiger partial charge in [0.05, 0.1) is 25.6 Å². The minimum Gasteiger partial charge on any atom is -0.301 e. The number of nitrogens with one attached hydrogen (secondary N) is 1. The molecule has 0 atom stereocenters. The van der Waals surface area contributed by atoms with Crippen LogP contribution in [0.1, 0.15) is 26.7 Å². The van der Waals surface area contributed by atoms with E-state index in [1.165, 1.54) is 0 Å². The van der Waals surface area contributed by atoms with Crippen LogP contribution in [0.25, 0.3) is 0 Å². The first-order valence-corrected chi connectivity index (χ1v) is 7.63. The van der Waals surface area contributed by atoms with Gasteiger partial charge in [0.25, 0.3) is 0 Å². The van der Waals surface area contributed by atoms with Crippen molar-refractivity contribution in [3.8, 4) is 0 Å². The molecular weight excluding hydrogens is 268 g/mol. The zero-order chi connectivity index (χ0) is 15.3. The minimum atomic E-state index is -3.57. The molecule has 19 heavy (non-hydrogen) atoms. The van der Waals surface area contributed by atoms with Crippen molar-refractivity contribution in [1.29, 1.82) is 5.41 Å². The van der Waals surface area contributed by atoms with Crippen LogP contribution in [0.2, 0.25) is 0 Å². The second kappa shape index (κ2) is 6.93. The molecule has 0 rings (SSSR count). The van der Waals surface area contributed by atoms with Gasteiger partial charge in [-0.25, -0.2) is 0 Å². The van der Waals surface area contributed by atoms with Crippen LogP contribution in [-0.4, -0.2) is 51.0 Å². The molecular formula is C12H23N2O4S+. The first kappa shape index (κ1) is 17.9. The van der Waals surface area contributed by atoms with E-state index in [4.69, 9.17) is 9.69 Å². The number of allylic oxidation sites excluding steroid dienone is 1. The first-order chi connectivity index (χ1) is 8.51. The molecule has 0 radical (unpaired) electrons. The number of nitrogens with zero attached hydrogens (tertiary/aromatic N) is 1. The van der Waals surface area contributed by atoms with Crippen LogP contribution in [0.4, 0.5) is 0 Å². The average Bonchev–Trinajstić information content (AvgIpc) is 2.23. The van der Waals surface area contributed by atoms with Gasteiger partial charge in [0.2, 0.25) is 5.78 Å². The Morgan fingerprint density at radius 3 is 2.32 bits per heavy atom. The largest absolute Gasteiger partial charge is 0.314 e. The Morgan fingerprint density at radius 1 is 1.37 bits per heavy atom. The number of hydroxylamine groups is 3. The van der Waals surface area contributed by atoms with Gasteiger partial charge in [-0.3, -0.25) is 4.79 Å². The summed E-state index contributed by atoms with van der Waals surface area (Å²) >= 11 is 0. The maximum atomic E-state index is 11.6. The molecule has 0 saturated carbocycles. The smallest absolute Gasteiger partial charge is 0.301 e. The zero-order valence-electron chi connectivity index (χ0n) is 12.0. The Balaban J connectivity index is 4.51. The highest BCUT2D eigenvalue weighted by Crippen LogP contribution is 2.09. The Labute approximate surface area is 115 Å². The first-order valence-electron chi connectivity index (χ1n) is 6.05. The van der Waals surface area contributed by atoms with Crippen molar-refractivity contribution in [2.45, 2.75) is 26.7 Å². The third-order valence-corrected chi connectivity index (χ3v) is 3.87. The maximum absolute atomic E-state index is 11.6. The van der Waals surface area contributed by atoms with Gasteiger partial charge in [0.1, 0.15) is 6.54 Å². The van der Waals surface area contributed by atoms with Crippen LogP contribution in [0, 0.1) is 5.41 Å². The number of rotatable bonds is 9. The molecule has 0 spiro atoms. The van der Waals surface area contributed by atoms with Crippen molar-refractivity contribution in [1.82, 2.24) is 0 Å². The number of Topliss-reactive ketones (excluding diaryl/α,β-unsaturated/α-hetero) is 1. The second-order valence-electron chi connectivity index (χ2n) is 4.97. The summed E-state index contributed by atoms with van der Waals surface area (Å²) in [6.07, 6.45) is 0.618. The monoisotopic (exact) mass is 291 g/mol. The molecule has 7 heteroatoms. The number of quaternary nitrogens is 1. The second-order valence-corrected chi connectivity index (χ2v) is 6.64. The molecule has 1 N–H and O–H groups in total. The number of hydrogen-bond acceptors (Lipinski definition) is 5. The van der Waals surface area contributed by atoms with Crippen molar-refractivity contribution < 1.29 is 22.1 Å².